The Morgan fingerprint density at radius 1 is 0.403 bits per heavy atom. The van der Waals surface area contributed by atoms with E-state index in [1.165, 1.54) is 109 Å². The van der Waals surface area contributed by atoms with Crippen molar-refractivity contribution in [3.8, 4) is 0 Å². The first kappa shape index (κ1) is 73.0. The van der Waals surface area contributed by atoms with Crippen LogP contribution >= 0.6 is 0 Å². The molecule has 2 unspecified atom stereocenters. The van der Waals surface area contributed by atoms with Crippen molar-refractivity contribution >= 4 is 17.9 Å². The van der Waals surface area contributed by atoms with Crippen molar-refractivity contribution in [2.75, 3.05) is 47.5 Å². The molecule has 0 aromatic rings. The maximum Gasteiger partial charge on any atom is 0.306 e. The van der Waals surface area contributed by atoms with E-state index in [1.54, 1.807) is 0 Å². The summed E-state index contributed by atoms with van der Waals surface area (Å²) in [5, 5.41) is 11.8. The third-order valence-electron chi connectivity index (χ3n) is 13.0. The van der Waals surface area contributed by atoms with Gasteiger partial charge < -0.3 is 33.3 Å². The van der Waals surface area contributed by atoms with Crippen LogP contribution in [-0.2, 0) is 33.3 Å². The average molecular weight is 1070 g/mol. The van der Waals surface area contributed by atoms with Crippen molar-refractivity contribution in [2.24, 2.45) is 0 Å². The first-order valence-electron chi connectivity index (χ1n) is 31.0. The number of carboxylic acids is 1. The van der Waals surface area contributed by atoms with Gasteiger partial charge in [-0.05, 0) is 103 Å². The minimum absolute atomic E-state index is 0.140. The molecule has 0 aliphatic rings. The summed E-state index contributed by atoms with van der Waals surface area (Å²) in [6.07, 6.45) is 77.1. The fourth-order valence-corrected chi connectivity index (χ4v) is 8.25. The number of aliphatic carboxylic acids is 1. The van der Waals surface area contributed by atoms with Gasteiger partial charge in [-0.15, -0.1) is 0 Å². The number of hydrogen-bond donors (Lipinski definition) is 0. The number of carboxylic acid groups (broad SMARTS) is 1. The molecule has 0 aromatic carbocycles. The van der Waals surface area contributed by atoms with E-state index in [0.717, 1.165) is 103 Å². The van der Waals surface area contributed by atoms with Crippen LogP contribution in [0.4, 0.5) is 0 Å². The molecule has 0 saturated carbocycles. The largest absolute Gasteiger partial charge is 0.545 e. The van der Waals surface area contributed by atoms with Gasteiger partial charge in [0.2, 0.25) is 0 Å². The Morgan fingerprint density at radius 2 is 0.740 bits per heavy atom. The van der Waals surface area contributed by atoms with Crippen LogP contribution in [0.5, 0.6) is 0 Å². The molecule has 0 N–H and O–H groups in total. The molecule has 2 atom stereocenters. The number of allylic oxidation sites excluding steroid dienone is 18. The normalized spacial score (nSPS) is 13.5. The number of esters is 2. The van der Waals surface area contributed by atoms with Crippen molar-refractivity contribution < 1.29 is 42.9 Å². The Kier molecular flexibility index (Phi) is 55.1. The van der Waals surface area contributed by atoms with Gasteiger partial charge in [0.15, 0.2) is 12.4 Å². The molecular formula is C68H115NO8. The van der Waals surface area contributed by atoms with Gasteiger partial charge in [0.25, 0.3) is 0 Å². The fourth-order valence-electron chi connectivity index (χ4n) is 8.25. The number of quaternary nitrogens is 1. The van der Waals surface area contributed by atoms with E-state index >= 15 is 0 Å². The number of carbonyl (C=O) groups excluding carboxylic acids is 3. The zero-order valence-electron chi connectivity index (χ0n) is 50.0. The Bertz CT molecular complexity index is 1630. The maximum absolute atomic E-state index is 12.9. The fraction of sp³-hybridized carbons (Fsp3) is 0.691. The van der Waals surface area contributed by atoms with Gasteiger partial charge in [-0.1, -0.05) is 239 Å². The predicted octanol–water partition coefficient (Wildman–Crippen LogP) is 17.3. The summed E-state index contributed by atoms with van der Waals surface area (Å²) in [5.74, 6) is -2.31. The Hall–Kier alpha value is -4.05. The lowest BCUT2D eigenvalue weighted by atomic mass is 10.0. The van der Waals surface area contributed by atoms with Crippen LogP contribution in [0.25, 0.3) is 0 Å². The number of likely N-dealkylation sites (N-methyl/N-ethyl adjacent to an activating group) is 1. The van der Waals surface area contributed by atoms with Gasteiger partial charge in [-0.25, -0.2) is 0 Å². The summed E-state index contributed by atoms with van der Waals surface area (Å²) in [4.78, 5) is 37.4. The number of rotatable bonds is 56. The first-order valence-corrected chi connectivity index (χ1v) is 31.0. The number of ether oxygens (including phenoxy) is 4. The molecule has 0 aliphatic heterocycles. The van der Waals surface area contributed by atoms with Crippen LogP contribution in [0.15, 0.2) is 109 Å². The van der Waals surface area contributed by atoms with Crippen LogP contribution in [0.2, 0.25) is 0 Å². The van der Waals surface area contributed by atoms with E-state index in [0.29, 0.717) is 17.4 Å². The highest BCUT2D eigenvalue weighted by Gasteiger charge is 2.22. The highest BCUT2D eigenvalue weighted by atomic mass is 16.7. The molecular weight excluding hydrogens is 959 g/mol. The van der Waals surface area contributed by atoms with Crippen molar-refractivity contribution in [3.05, 3.63) is 109 Å². The maximum atomic E-state index is 12.9. The molecule has 0 fully saturated rings. The molecule has 0 amide bonds. The lowest BCUT2D eigenvalue weighted by Crippen LogP contribution is -2.44. The second-order valence-corrected chi connectivity index (χ2v) is 21.6. The Labute approximate surface area is 473 Å². The summed E-state index contributed by atoms with van der Waals surface area (Å²) in [6, 6.07) is 0. The zero-order valence-corrected chi connectivity index (χ0v) is 50.0. The van der Waals surface area contributed by atoms with E-state index in [4.69, 9.17) is 18.9 Å². The van der Waals surface area contributed by atoms with Gasteiger partial charge in [0.1, 0.15) is 13.2 Å². The summed E-state index contributed by atoms with van der Waals surface area (Å²) in [7, 11) is 5.91. The molecule has 0 aromatic heterocycles. The van der Waals surface area contributed by atoms with E-state index in [2.05, 4.69) is 123 Å². The molecule has 0 saturated heterocycles. The van der Waals surface area contributed by atoms with Crippen LogP contribution < -0.4 is 5.11 Å². The number of unbranched alkanes of at least 4 members (excludes halogenated alkanes) is 23. The summed E-state index contributed by atoms with van der Waals surface area (Å²) < 4.78 is 22.7. The molecule has 0 bridgehead atoms. The van der Waals surface area contributed by atoms with Crippen molar-refractivity contribution in [1.29, 1.82) is 0 Å². The molecule has 0 aliphatic carbocycles. The first-order chi connectivity index (χ1) is 37.6. The van der Waals surface area contributed by atoms with E-state index in [9.17, 15) is 19.5 Å². The van der Waals surface area contributed by atoms with Gasteiger partial charge in [-0.2, -0.15) is 0 Å². The third-order valence-corrected chi connectivity index (χ3v) is 13.0. The Balaban J connectivity index is 4.24. The number of nitrogens with zero attached hydrogens (tertiary/aromatic N) is 1. The minimum atomic E-state index is -1.63. The molecule has 440 valence electrons. The summed E-state index contributed by atoms with van der Waals surface area (Å²) in [6.45, 7) is 4.61. The predicted molar refractivity (Wildman–Crippen MR) is 324 cm³/mol. The number of carbonyl (C=O) groups is 3. The van der Waals surface area contributed by atoms with Gasteiger partial charge >= 0.3 is 11.9 Å². The molecule has 0 radical (unpaired) electrons. The second-order valence-electron chi connectivity index (χ2n) is 21.6. The topological polar surface area (TPSA) is 111 Å². The molecule has 0 heterocycles. The van der Waals surface area contributed by atoms with Crippen LogP contribution in [-0.4, -0.2) is 82.3 Å². The molecule has 0 rings (SSSR count). The number of hydrogen-bond acceptors (Lipinski definition) is 8. The Morgan fingerprint density at radius 3 is 1.10 bits per heavy atom. The van der Waals surface area contributed by atoms with Crippen molar-refractivity contribution in [2.45, 2.75) is 257 Å². The SMILES string of the molecule is CC/C=C\C/C=C\C/C=C\C/C=C\C/C=C\C/C=C\CCCCCCCCCCCCCCC(=O)OC(COC(=O)CCCCCCCC/C=C\C/C=C\C/C=C\CCCCCCC)COC(OCC[N+](C)(C)C)C(=O)[O-]. The zero-order chi connectivity index (χ0) is 56.2. The van der Waals surface area contributed by atoms with Crippen LogP contribution in [0.1, 0.15) is 245 Å². The summed E-state index contributed by atoms with van der Waals surface area (Å²) >= 11 is 0. The highest BCUT2D eigenvalue weighted by molar-refractivity contribution is 5.70. The van der Waals surface area contributed by atoms with Gasteiger partial charge in [0, 0.05) is 12.8 Å². The van der Waals surface area contributed by atoms with Gasteiger partial charge in [-0.3, -0.25) is 9.59 Å². The standard InChI is InChI=1S/C68H115NO8/c1-6-8-10-12-14-16-18-20-22-24-26-28-29-30-31-32-33-34-35-36-37-39-41-43-45-47-49-51-53-55-57-59-66(71)77-64(63-76-68(67(72)73)74-61-60-69(3,4)5)62-75-65(70)58-56-54-52-50-48-46-44-42-40-38-27-25-23-21-19-17-15-13-11-9-7-2/h8,10,14,16,19-22,25-28,30-31,33-34,40,42,64,68H,6-7,9,11-13,15,17-18,23-24,29,32,35-39,41,43-63H2,1-5H3/b10-8-,16-14-,21-19-,22-20-,27-25-,28-26-,31-30-,34-33-,42-40-. The van der Waals surface area contributed by atoms with Gasteiger partial charge in [0.05, 0.1) is 40.3 Å². The monoisotopic (exact) mass is 1070 g/mol. The van der Waals surface area contributed by atoms with Crippen molar-refractivity contribution in [1.82, 2.24) is 0 Å². The quantitative estimate of drug-likeness (QED) is 0.0195. The second kappa shape index (κ2) is 58.1. The minimum Gasteiger partial charge on any atom is -0.545 e. The average Bonchev–Trinajstić information content (AvgIpc) is 3.40. The lowest BCUT2D eigenvalue weighted by molar-refractivity contribution is -0.870. The van der Waals surface area contributed by atoms with E-state index in [1.807, 2.05) is 21.1 Å². The molecule has 0 spiro atoms. The van der Waals surface area contributed by atoms with Crippen LogP contribution in [0.3, 0.4) is 0 Å². The highest BCUT2D eigenvalue weighted by Crippen LogP contribution is 2.15. The summed E-state index contributed by atoms with van der Waals surface area (Å²) in [5.41, 5.74) is 0. The third kappa shape index (κ3) is 59.5. The molecule has 77 heavy (non-hydrogen) atoms. The van der Waals surface area contributed by atoms with Crippen LogP contribution in [0, 0.1) is 0 Å². The lowest BCUT2D eigenvalue weighted by Gasteiger charge is -2.26. The molecule has 9 nitrogen and oxygen atoms in total. The van der Waals surface area contributed by atoms with Crippen molar-refractivity contribution in [3.63, 3.8) is 0 Å². The smallest absolute Gasteiger partial charge is 0.306 e. The van der Waals surface area contributed by atoms with E-state index < -0.39 is 24.3 Å². The molecule has 9 heteroatoms. The van der Waals surface area contributed by atoms with E-state index in [-0.39, 0.29) is 38.6 Å².